The van der Waals surface area contributed by atoms with Crippen molar-refractivity contribution in [3.63, 3.8) is 0 Å². The van der Waals surface area contributed by atoms with E-state index in [-0.39, 0.29) is 18.4 Å². The third-order valence-electron chi connectivity index (χ3n) is 3.85. The maximum atomic E-state index is 12.5. The van der Waals surface area contributed by atoms with Gasteiger partial charge in [-0.2, -0.15) is 0 Å². The second-order valence-electron chi connectivity index (χ2n) is 5.68. The number of likely N-dealkylation sites (tertiary alicyclic amines) is 1. The van der Waals surface area contributed by atoms with Crippen LogP contribution in [0.1, 0.15) is 52.4 Å². The number of hydrogen-bond donors (Lipinski definition) is 1. The van der Waals surface area contributed by atoms with Gasteiger partial charge in [0.2, 0.25) is 0 Å². The number of hydrogen-bond acceptors (Lipinski definition) is 2. The highest BCUT2D eigenvalue weighted by atomic mass is 16.4. The van der Waals surface area contributed by atoms with Gasteiger partial charge in [0.25, 0.3) is 0 Å². The van der Waals surface area contributed by atoms with Gasteiger partial charge in [0, 0.05) is 32.6 Å². The largest absolute Gasteiger partial charge is 0.481 e. The van der Waals surface area contributed by atoms with Gasteiger partial charge in [0.1, 0.15) is 0 Å². The monoisotopic (exact) mass is 284 g/mol. The second-order valence-corrected chi connectivity index (χ2v) is 5.68. The van der Waals surface area contributed by atoms with Crippen molar-refractivity contribution in [3.8, 4) is 0 Å². The minimum atomic E-state index is -0.766. The Morgan fingerprint density at radius 2 is 1.80 bits per heavy atom. The average Bonchev–Trinajstić information content (AvgIpc) is 2.86. The van der Waals surface area contributed by atoms with E-state index in [4.69, 9.17) is 5.11 Å². The Balaban J connectivity index is 2.49. The number of carboxylic acid groups (broad SMARTS) is 1. The average molecular weight is 284 g/mol. The van der Waals surface area contributed by atoms with Gasteiger partial charge in [-0.05, 0) is 25.2 Å². The first-order valence-electron chi connectivity index (χ1n) is 7.84. The van der Waals surface area contributed by atoms with E-state index in [2.05, 4.69) is 13.8 Å². The summed E-state index contributed by atoms with van der Waals surface area (Å²) in [4.78, 5) is 27.0. The lowest BCUT2D eigenvalue weighted by Crippen LogP contribution is -2.43. The number of nitrogens with zero attached hydrogens (tertiary/aromatic N) is 2. The Kier molecular flexibility index (Phi) is 7.41. The topological polar surface area (TPSA) is 60.9 Å². The third-order valence-corrected chi connectivity index (χ3v) is 3.85. The highest BCUT2D eigenvalue weighted by Gasteiger charge is 2.30. The van der Waals surface area contributed by atoms with Gasteiger partial charge in [-0.3, -0.25) is 4.79 Å². The molecular weight excluding hydrogens is 256 g/mol. The van der Waals surface area contributed by atoms with Crippen LogP contribution in [0.4, 0.5) is 4.79 Å². The van der Waals surface area contributed by atoms with Crippen molar-refractivity contribution in [2.24, 2.45) is 5.92 Å². The van der Waals surface area contributed by atoms with Crippen LogP contribution in [-0.2, 0) is 4.79 Å². The number of carbonyl (C=O) groups excluding carboxylic acids is 1. The van der Waals surface area contributed by atoms with E-state index in [1.807, 2.05) is 9.80 Å². The number of urea groups is 1. The van der Waals surface area contributed by atoms with E-state index < -0.39 is 5.97 Å². The van der Waals surface area contributed by atoms with Crippen LogP contribution in [0, 0.1) is 5.92 Å². The van der Waals surface area contributed by atoms with E-state index in [0.717, 1.165) is 45.2 Å². The summed E-state index contributed by atoms with van der Waals surface area (Å²) in [6, 6.07) is 0.0970. The summed E-state index contributed by atoms with van der Waals surface area (Å²) in [5.74, 6) is -0.645. The molecule has 1 fully saturated rings. The van der Waals surface area contributed by atoms with Crippen molar-refractivity contribution < 1.29 is 14.7 Å². The van der Waals surface area contributed by atoms with Crippen molar-refractivity contribution >= 4 is 12.0 Å². The molecule has 0 saturated carbocycles. The van der Waals surface area contributed by atoms with E-state index in [0.29, 0.717) is 13.1 Å². The number of aliphatic carboxylic acids is 1. The molecule has 1 aliphatic rings. The van der Waals surface area contributed by atoms with Gasteiger partial charge < -0.3 is 14.9 Å². The fraction of sp³-hybridized carbons (Fsp3) is 0.867. The molecule has 1 rings (SSSR count). The van der Waals surface area contributed by atoms with Crippen molar-refractivity contribution in [2.75, 3.05) is 26.2 Å². The van der Waals surface area contributed by atoms with Crippen LogP contribution in [-0.4, -0.2) is 53.1 Å². The maximum absolute atomic E-state index is 12.5. The number of amides is 2. The van der Waals surface area contributed by atoms with Gasteiger partial charge in [-0.1, -0.05) is 26.7 Å². The summed E-state index contributed by atoms with van der Waals surface area (Å²) in [5.41, 5.74) is 0. The quantitative estimate of drug-likeness (QED) is 0.745. The fourth-order valence-corrected chi connectivity index (χ4v) is 2.62. The molecule has 0 aromatic heterocycles. The van der Waals surface area contributed by atoms with Crippen molar-refractivity contribution in [3.05, 3.63) is 0 Å². The molecule has 2 amide bonds. The minimum Gasteiger partial charge on any atom is -0.481 e. The van der Waals surface area contributed by atoms with E-state index >= 15 is 0 Å². The third kappa shape index (κ3) is 5.39. The number of carbonyl (C=O) groups is 2. The Morgan fingerprint density at radius 3 is 2.30 bits per heavy atom. The Labute approximate surface area is 121 Å². The molecule has 0 aromatic carbocycles. The molecule has 1 saturated heterocycles. The molecule has 1 heterocycles. The molecule has 1 aliphatic heterocycles. The van der Waals surface area contributed by atoms with Crippen LogP contribution in [0.3, 0.4) is 0 Å². The molecule has 1 unspecified atom stereocenters. The van der Waals surface area contributed by atoms with Crippen molar-refractivity contribution in [2.45, 2.75) is 52.4 Å². The first kappa shape index (κ1) is 16.8. The van der Waals surface area contributed by atoms with Crippen LogP contribution < -0.4 is 0 Å². The smallest absolute Gasteiger partial charge is 0.320 e. The van der Waals surface area contributed by atoms with E-state index in [1.165, 1.54) is 0 Å². The molecule has 0 aliphatic carbocycles. The molecular formula is C15H28N2O3. The highest BCUT2D eigenvalue weighted by Crippen LogP contribution is 2.21. The number of rotatable bonds is 8. The molecule has 20 heavy (non-hydrogen) atoms. The normalized spacial score (nSPS) is 18.3. The maximum Gasteiger partial charge on any atom is 0.320 e. The summed E-state index contributed by atoms with van der Waals surface area (Å²) in [5, 5.41) is 8.83. The van der Waals surface area contributed by atoms with Crippen molar-refractivity contribution in [1.29, 1.82) is 0 Å². The second kappa shape index (κ2) is 8.82. The lowest BCUT2D eigenvalue weighted by molar-refractivity contribution is -0.138. The summed E-state index contributed by atoms with van der Waals surface area (Å²) >= 11 is 0. The Hall–Kier alpha value is -1.26. The summed E-state index contributed by atoms with van der Waals surface area (Å²) < 4.78 is 0. The van der Waals surface area contributed by atoms with Crippen LogP contribution >= 0.6 is 0 Å². The van der Waals surface area contributed by atoms with Crippen LogP contribution in [0.5, 0.6) is 0 Å². The van der Waals surface area contributed by atoms with Gasteiger partial charge in [0.15, 0.2) is 0 Å². The predicted octanol–water partition coefficient (Wildman–Crippen LogP) is 2.81. The summed E-state index contributed by atoms with van der Waals surface area (Å²) in [6.45, 7) is 7.18. The van der Waals surface area contributed by atoms with Crippen molar-refractivity contribution in [1.82, 2.24) is 9.80 Å². The molecule has 5 heteroatoms. The fourth-order valence-electron chi connectivity index (χ4n) is 2.62. The van der Waals surface area contributed by atoms with Gasteiger partial charge in [-0.15, -0.1) is 0 Å². The van der Waals surface area contributed by atoms with Crippen LogP contribution in [0.25, 0.3) is 0 Å². The first-order valence-corrected chi connectivity index (χ1v) is 7.84. The molecule has 0 radical (unpaired) electrons. The highest BCUT2D eigenvalue weighted by molar-refractivity contribution is 5.75. The SMILES string of the molecule is CCCCN(CCCC)C(=O)N1CCC(CC(=O)O)C1. The summed E-state index contributed by atoms with van der Waals surface area (Å²) in [7, 11) is 0. The minimum absolute atomic E-state index is 0.0970. The lowest BCUT2D eigenvalue weighted by Gasteiger charge is -2.28. The molecule has 1 atom stereocenters. The molecule has 0 aromatic rings. The zero-order valence-corrected chi connectivity index (χ0v) is 12.8. The molecule has 0 spiro atoms. The van der Waals surface area contributed by atoms with Crippen LogP contribution in [0.15, 0.2) is 0 Å². The lowest BCUT2D eigenvalue weighted by atomic mass is 10.1. The van der Waals surface area contributed by atoms with Crippen LogP contribution in [0.2, 0.25) is 0 Å². The predicted molar refractivity (Wildman–Crippen MR) is 78.7 cm³/mol. The Morgan fingerprint density at radius 1 is 1.20 bits per heavy atom. The molecule has 1 N–H and O–H groups in total. The standard InChI is InChI=1S/C15H28N2O3/c1-3-5-8-16(9-6-4-2)15(20)17-10-7-13(12-17)11-14(18)19/h13H,3-12H2,1-2H3,(H,18,19). The summed E-state index contributed by atoms with van der Waals surface area (Å²) in [6.07, 6.45) is 5.21. The van der Waals surface area contributed by atoms with Gasteiger partial charge >= 0.3 is 12.0 Å². The molecule has 116 valence electrons. The van der Waals surface area contributed by atoms with E-state index in [9.17, 15) is 9.59 Å². The number of carboxylic acids is 1. The molecule has 0 bridgehead atoms. The van der Waals surface area contributed by atoms with Gasteiger partial charge in [0.05, 0.1) is 0 Å². The van der Waals surface area contributed by atoms with Gasteiger partial charge in [-0.25, -0.2) is 4.79 Å². The van der Waals surface area contributed by atoms with E-state index in [1.54, 1.807) is 0 Å². The zero-order chi connectivity index (χ0) is 15.0. The first-order chi connectivity index (χ1) is 9.58. The Bertz CT molecular complexity index is 312. The zero-order valence-electron chi connectivity index (χ0n) is 12.8. The molecule has 5 nitrogen and oxygen atoms in total. The number of unbranched alkanes of at least 4 members (excludes halogenated alkanes) is 2.